The van der Waals surface area contributed by atoms with Crippen molar-refractivity contribution in [2.24, 2.45) is 5.41 Å². The van der Waals surface area contributed by atoms with E-state index in [1.54, 1.807) is 6.92 Å². The van der Waals surface area contributed by atoms with Gasteiger partial charge in [-0.15, -0.1) is 0 Å². The molecule has 1 aliphatic rings. The lowest BCUT2D eigenvalue weighted by atomic mass is 9.68. The van der Waals surface area contributed by atoms with Crippen molar-refractivity contribution in [2.45, 2.75) is 39.7 Å². The fourth-order valence-electron chi connectivity index (χ4n) is 1.64. The number of aliphatic hydroxyl groups is 1. The van der Waals surface area contributed by atoms with Gasteiger partial charge in [-0.05, 0) is 25.2 Å². The van der Waals surface area contributed by atoms with E-state index in [2.05, 4.69) is 13.8 Å². The molecular weight excluding hydrogens is 124 g/mol. The molecule has 1 aliphatic carbocycles. The third-order valence-corrected chi connectivity index (χ3v) is 1.89. The first-order valence-electron chi connectivity index (χ1n) is 3.87. The molecule has 0 aromatic rings. The molecule has 58 valence electrons. The SMILES string of the molecule is CC(O)C=C1CC(C)(C)C1. The van der Waals surface area contributed by atoms with E-state index in [0.717, 1.165) is 12.8 Å². The lowest BCUT2D eigenvalue weighted by Gasteiger charge is -2.37. The van der Waals surface area contributed by atoms with Gasteiger partial charge in [0.25, 0.3) is 0 Å². The first kappa shape index (κ1) is 7.80. The number of allylic oxidation sites excluding steroid dienone is 1. The Labute approximate surface area is 62.8 Å². The van der Waals surface area contributed by atoms with Crippen LogP contribution in [-0.4, -0.2) is 11.2 Å². The van der Waals surface area contributed by atoms with Gasteiger partial charge < -0.3 is 5.11 Å². The smallest absolute Gasteiger partial charge is 0.0695 e. The van der Waals surface area contributed by atoms with E-state index in [1.807, 2.05) is 6.08 Å². The Morgan fingerprint density at radius 3 is 2.30 bits per heavy atom. The Bertz CT molecular complexity index is 144. The van der Waals surface area contributed by atoms with Crippen LogP contribution in [0.2, 0.25) is 0 Å². The van der Waals surface area contributed by atoms with E-state index in [4.69, 9.17) is 5.11 Å². The van der Waals surface area contributed by atoms with Gasteiger partial charge in [0.1, 0.15) is 0 Å². The molecule has 1 fully saturated rings. The zero-order valence-electron chi connectivity index (χ0n) is 7.02. The fraction of sp³-hybridized carbons (Fsp3) is 0.778. The molecule has 1 unspecified atom stereocenters. The van der Waals surface area contributed by atoms with E-state index in [-0.39, 0.29) is 6.10 Å². The third-order valence-electron chi connectivity index (χ3n) is 1.89. The summed E-state index contributed by atoms with van der Waals surface area (Å²) in [5, 5.41) is 8.98. The summed E-state index contributed by atoms with van der Waals surface area (Å²) in [6.07, 6.45) is 4.03. The van der Waals surface area contributed by atoms with Crippen LogP contribution in [0.4, 0.5) is 0 Å². The molecule has 0 spiro atoms. The van der Waals surface area contributed by atoms with Crippen LogP contribution < -0.4 is 0 Å². The third kappa shape index (κ3) is 1.84. The Morgan fingerprint density at radius 2 is 2.00 bits per heavy atom. The minimum absolute atomic E-state index is 0.258. The molecule has 1 heteroatoms. The molecule has 1 N–H and O–H groups in total. The lowest BCUT2D eigenvalue weighted by Crippen LogP contribution is -2.24. The van der Waals surface area contributed by atoms with E-state index < -0.39 is 0 Å². The van der Waals surface area contributed by atoms with E-state index in [1.165, 1.54) is 5.57 Å². The van der Waals surface area contributed by atoms with Crippen LogP contribution in [0.15, 0.2) is 11.6 Å². The molecule has 10 heavy (non-hydrogen) atoms. The highest BCUT2D eigenvalue weighted by atomic mass is 16.3. The van der Waals surface area contributed by atoms with Crippen molar-refractivity contribution in [3.63, 3.8) is 0 Å². The molecule has 0 aromatic heterocycles. The van der Waals surface area contributed by atoms with Crippen LogP contribution >= 0.6 is 0 Å². The maximum absolute atomic E-state index is 8.98. The summed E-state index contributed by atoms with van der Waals surface area (Å²) in [6, 6.07) is 0. The largest absolute Gasteiger partial charge is 0.389 e. The summed E-state index contributed by atoms with van der Waals surface area (Å²) >= 11 is 0. The molecule has 0 amide bonds. The van der Waals surface area contributed by atoms with Gasteiger partial charge in [-0.25, -0.2) is 0 Å². The molecule has 1 nitrogen and oxygen atoms in total. The standard InChI is InChI=1S/C9H16O/c1-7(10)4-8-5-9(2,3)6-8/h4,7,10H,5-6H2,1-3H3. The average Bonchev–Trinajstić information content (AvgIpc) is 1.57. The first-order chi connectivity index (χ1) is 4.49. The van der Waals surface area contributed by atoms with Crippen molar-refractivity contribution in [2.75, 3.05) is 0 Å². The van der Waals surface area contributed by atoms with Crippen LogP contribution in [0, 0.1) is 5.41 Å². The van der Waals surface area contributed by atoms with Gasteiger partial charge >= 0.3 is 0 Å². The highest BCUT2D eigenvalue weighted by Gasteiger charge is 2.30. The van der Waals surface area contributed by atoms with Crippen molar-refractivity contribution in [1.29, 1.82) is 0 Å². The Hall–Kier alpha value is -0.300. The van der Waals surface area contributed by atoms with Gasteiger partial charge in [0.2, 0.25) is 0 Å². The van der Waals surface area contributed by atoms with E-state index >= 15 is 0 Å². The Balaban J connectivity index is 2.39. The number of aliphatic hydroxyl groups excluding tert-OH is 1. The zero-order valence-corrected chi connectivity index (χ0v) is 7.02. The monoisotopic (exact) mass is 140 g/mol. The minimum Gasteiger partial charge on any atom is -0.389 e. The number of hydrogen-bond donors (Lipinski definition) is 1. The van der Waals surface area contributed by atoms with Crippen LogP contribution in [0.25, 0.3) is 0 Å². The molecule has 0 bridgehead atoms. The molecule has 1 rings (SSSR count). The fourth-order valence-corrected chi connectivity index (χ4v) is 1.64. The zero-order chi connectivity index (χ0) is 7.78. The molecule has 0 radical (unpaired) electrons. The molecule has 0 aromatic carbocycles. The first-order valence-corrected chi connectivity index (χ1v) is 3.87. The number of hydrogen-bond acceptors (Lipinski definition) is 1. The van der Waals surface area contributed by atoms with Gasteiger partial charge in [0.15, 0.2) is 0 Å². The van der Waals surface area contributed by atoms with Crippen LogP contribution in [0.1, 0.15) is 33.6 Å². The van der Waals surface area contributed by atoms with Crippen LogP contribution in [-0.2, 0) is 0 Å². The minimum atomic E-state index is -0.258. The predicted molar refractivity (Wildman–Crippen MR) is 42.8 cm³/mol. The van der Waals surface area contributed by atoms with Crippen LogP contribution in [0.5, 0.6) is 0 Å². The summed E-state index contributed by atoms with van der Waals surface area (Å²) in [6.45, 7) is 6.32. The van der Waals surface area contributed by atoms with Crippen molar-refractivity contribution < 1.29 is 5.11 Å². The summed E-state index contributed by atoms with van der Waals surface area (Å²) in [4.78, 5) is 0. The molecule has 1 saturated carbocycles. The summed E-state index contributed by atoms with van der Waals surface area (Å²) in [7, 11) is 0. The molecule has 0 heterocycles. The number of rotatable bonds is 1. The van der Waals surface area contributed by atoms with Crippen molar-refractivity contribution in [1.82, 2.24) is 0 Å². The van der Waals surface area contributed by atoms with Crippen molar-refractivity contribution in [3.05, 3.63) is 11.6 Å². The second-order valence-electron chi connectivity index (χ2n) is 4.08. The summed E-state index contributed by atoms with van der Waals surface area (Å²) < 4.78 is 0. The summed E-state index contributed by atoms with van der Waals surface area (Å²) in [5.41, 5.74) is 1.92. The molecule has 1 atom stereocenters. The van der Waals surface area contributed by atoms with E-state index in [0.29, 0.717) is 5.41 Å². The average molecular weight is 140 g/mol. The summed E-state index contributed by atoms with van der Waals surface area (Å²) in [5.74, 6) is 0. The second-order valence-corrected chi connectivity index (χ2v) is 4.08. The van der Waals surface area contributed by atoms with Gasteiger partial charge in [0.05, 0.1) is 6.10 Å². The second kappa shape index (κ2) is 2.39. The van der Waals surface area contributed by atoms with Gasteiger partial charge in [0, 0.05) is 0 Å². The maximum atomic E-state index is 8.98. The normalized spacial score (nSPS) is 25.4. The van der Waals surface area contributed by atoms with E-state index in [9.17, 15) is 0 Å². The Kier molecular flexibility index (Phi) is 1.86. The highest BCUT2D eigenvalue weighted by molar-refractivity contribution is 5.17. The maximum Gasteiger partial charge on any atom is 0.0695 e. The van der Waals surface area contributed by atoms with Crippen molar-refractivity contribution in [3.8, 4) is 0 Å². The molecule has 0 saturated heterocycles. The lowest BCUT2D eigenvalue weighted by molar-refractivity contribution is 0.228. The van der Waals surface area contributed by atoms with Crippen LogP contribution in [0.3, 0.4) is 0 Å². The quantitative estimate of drug-likeness (QED) is 0.553. The van der Waals surface area contributed by atoms with Gasteiger partial charge in [-0.1, -0.05) is 25.5 Å². The van der Waals surface area contributed by atoms with Crippen molar-refractivity contribution >= 4 is 0 Å². The topological polar surface area (TPSA) is 20.2 Å². The Morgan fingerprint density at radius 1 is 1.50 bits per heavy atom. The predicted octanol–water partition coefficient (Wildman–Crippen LogP) is 2.11. The molecule has 0 aliphatic heterocycles. The van der Waals surface area contributed by atoms with Gasteiger partial charge in [-0.2, -0.15) is 0 Å². The van der Waals surface area contributed by atoms with Gasteiger partial charge in [-0.3, -0.25) is 0 Å². The highest BCUT2D eigenvalue weighted by Crippen LogP contribution is 2.44. The molecular formula is C9H16O.